The molecule has 1 aromatic rings. The highest BCUT2D eigenvalue weighted by molar-refractivity contribution is 5.82. The maximum atomic E-state index is 11.8. The second-order valence-electron chi connectivity index (χ2n) is 3.51. The van der Waals surface area contributed by atoms with Gasteiger partial charge in [0.15, 0.2) is 5.60 Å². The molecule has 0 unspecified atom stereocenters. The summed E-state index contributed by atoms with van der Waals surface area (Å²) >= 11 is 0. The number of esters is 1. The van der Waals surface area contributed by atoms with Crippen molar-refractivity contribution in [2.24, 2.45) is 0 Å². The van der Waals surface area contributed by atoms with Gasteiger partial charge in [0.1, 0.15) is 0 Å². The largest absolute Gasteiger partial charge is 0.464 e. The summed E-state index contributed by atoms with van der Waals surface area (Å²) in [5.74, 6) is -0.276. The summed E-state index contributed by atoms with van der Waals surface area (Å²) in [4.78, 5) is 11.8. The molecule has 3 heteroatoms. The molecule has 0 amide bonds. The fourth-order valence-electron chi connectivity index (χ4n) is 1.77. The van der Waals surface area contributed by atoms with Gasteiger partial charge >= 0.3 is 5.97 Å². The van der Waals surface area contributed by atoms with Crippen LogP contribution in [0.1, 0.15) is 18.9 Å². The second kappa shape index (κ2) is 4.03. The summed E-state index contributed by atoms with van der Waals surface area (Å²) in [5, 5.41) is 0. The van der Waals surface area contributed by atoms with E-state index in [4.69, 9.17) is 9.47 Å². The standard InChI is InChI=1S/C12H14O3/c1-2-14-11(13)12(8-9-15-12)10-6-4-3-5-7-10/h3-7H,2,8-9H2,1H3/t12-/m1/s1. The molecule has 0 spiro atoms. The molecule has 3 nitrogen and oxygen atoms in total. The minimum atomic E-state index is -0.836. The van der Waals surface area contributed by atoms with Crippen molar-refractivity contribution < 1.29 is 14.3 Å². The van der Waals surface area contributed by atoms with Crippen molar-refractivity contribution in [1.29, 1.82) is 0 Å². The molecule has 0 aliphatic carbocycles. The van der Waals surface area contributed by atoms with Gasteiger partial charge in [-0.25, -0.2) is 4.79 Å². The van der Waals surface area contributed by atoms with Crippen LogP contribution in [0.15, 0.2) is 30.3 Å². The van der Waals surface area contributed by atoms with Crippen molar-refractivity contribution in [3.63, 3.8) is 0 Å². The van der Waals surface area contributed by atoms with E-state index in [2.05, 4.69) is 0 Å². The molecule has 80 valence electrons. The smallest absolute Gasteiger partial charge is 0.343 e. The van der Waals surface area contributed by atoms with E-state index in [9.17, 15) is 4.79 Å². The number of ether oxygens (including phenoxy) is 2. The van der Waals surface area contributed by atoms with Gasteiger partial charge in [-0.05, 0) is 12.5 Å². The van der Waals surface area contributed by atoms with Crippen LogP contribution in [0.3, 0.4) is 0 Å². The average molecular weight is 206 g/mol. The lowest BCUT2D eigenvalue weighted by Gasteiger charge is -2.39. The first-order valence-corrected chi connectivity index (χ1v) is 5.16. The zero-order chi connectivity index (χ0) is 10.7. The topological polar surface area (TPSA) is 35.5 Å². The monoisotopic (exact) mass is 206 g/mol. The molecule has 1 fully saturated rings. The summed E-state index contributed by atoms with van der Waals surface area (Å²) in [6.45, 7) is 2.81. The number of carbonyl (C=O) groups is 1. The minimum absolute atomic E-state index is 0.276. The lowest BCUT2D eigenvalue weighted by Crippen LogP contribution is -2.48. The molecule has 1 saturated heterocycles. The third kappa shape index (κ3) is 1.63. The number of hydrogen-bond acceptors (Lipinski definition) is 3. The molecule has 1 aliphatic heterocycles. The summed E-state index contributed by atoms with van der Waals surface area (Å²) in [6.07, 6.45) is 0.704. The van der Waals surface area contributed by atoms with Gasteiger partial charge in [-0.3, -0.25) is 0 Å². The van der Waals surface area contributed by atoms with Crippen LogP contribution in [-0.4, -0.2) is 19.2 Å². The Hall–Kier alpha value is -1.35. The summed E-state index contributed by atoms with van der Waals surface area (Å²) < 4.78 is 10.5. The highest BCUT2D eigenvalue weighted by Gasteiger charge is 2.48. The first-order valence-electron chi connectivity index (χ1n) is 5.16. The Morgan fingerprint density at radius 1 is 1.47 bits per heavy atom. The van der Waals surface area contributed by atoms with Crippen molar-refractivity contribution in [2.75, 3.05) is 13.2 Å². The zero-order valence-electron chi connectivity index (χ0n) is 8.73. The first kappa shape index (κ1) is 10.2. The highest BCUT2D eigenvalue weighted by atomic mass is 16.6. The molecule has 0 N–H and O–H groups in total. The molecule has 1 aromatic carbocycles. The second-order valence-corrected chi connectivity index (χ2v) is 3.51. The predicted molar refractivity (Wildman–Crippen MR) is 55.3 cm³/mol. The van der Waals surface area contributed by atoms with Crippen LogP contribution in [-0.2, 0) is 19.9 Å². The van der Waals surface area contributed by atoms with Crippen LogP contribution in [0.4, 0.5) is 0 Å². The quantitative estimate of drug-likeness (QED) is 0.708. The maximum Gasteiger partial charge on any atom is 0.343 e. The Morgan fingerprint density at radius 2 is 2.13 bits per heavy atom. The SMILES string of the molecule is CCOC(=O)[C@]1(c2ccccc2)CCO1. The lowest BCUT2D eigenvalue weighted by atomic mass is 9.86. The molecule has 1 heterocycles. The molecule has 0 aromatic heterocycles. The van der Waals surface area contributed by atoms with Crippen LogP contribution >= 0.6 is 0 Å². The van der Waals surface area contributed by atoms with Gasteiger partial charge in [0.25, 0.3) is 0 Å². The van der Waals surface area contributed by atoms with Crippen LogP contribution < -0.4 is 0 Å². The number of benzene rings is 1. The molecule has 1 atom stereocenters. The summed E-state index contributed by atoms with van der Waals surface area (Å²) in [7, 11) is 0. The number of rotatable bonds is 3. The molecular weight excluding hydrogens is 192 g/mol. The van der Waals surface area contributed by atoms with Gasteiger partial charge in [0.05, 0.1) is 13.2 Å². The van der Waals surface area contributed by atoms with Crippen LogP contribution in [0.5, 0.6) is 0 Å². The number of hydrogen-bond donors (Lipinski definition) is 0. The van der Waals surface area contributed by atoms with Gasteiger partial charge in [0, 0.05) is 6.42 Å². The van der Waals surface area contributed by atoms with Crippen LogP contribution in [0.25, 0.3) is 0 Å². The molecular formula is C12H14O3. The van der Waals surface area contributed by atoms with Gasteiger partial charge in [-0.1, -0.05) is 30.3 Å². The Labute approximate surface area is 89.0 Å². The van der Waals surface area contributed by atoms with Gasteiger partial charge in [-0.2, -0.15) is 0 Å². The molecule has 0 bridgehead atoms. The Morgan fingerprint density at radius 3 is 2.60 bits per heavy atom. The van der Waals surface area contributed by atoms with E-state index < -0.39 is 5.60 Å². The van der Waals surface area contributed by atoms with Crippen molar-refractivity contribution in [1.82, 2.24) is 0 Å². The van der Waals surface area contributed by atoms with Gasteiger partial charge < -0.3 is 9.47 Å². The van der Waals surface area contributed by atoms with Gasteiger partial charge in [-0.15, -0.1) is 0 Å². The summed E-state index contributed by atoms with van der Waals surface area (Å²) in [5.41, 5.74) is 0.0479. The van der Waals surface area contributed by atoms with Crippen molar-refractivity contribution in [2.45, 2.75) is 18.9 Å². The van der Waals surface area contributed by atoms with Crippen molar-refractivity contribution in [3.05, 3.63) is 35.9 Å². The Kier molecular flexibility index (Phi) is 2.73. The first-order chi connectivity index (χ1) is 7.29. The van der Waals surface area contributed by atoms with E-state index in [-0.39, 0.29) is 5.97 Å². The van der Waals surface area contributed by atoms with E-state index in [0.717, 1.165) is 5.56 Å². The van der Waals surface area contributed by atoms with Crippen molar-refractivity contribution >= 4 is 5.97 Å². The highest BCUT2D eigenvalue weighted by Crippen LogP contribution is 2.38. The minimum Gasteiger partial charge on any atom is -0.464 e. The molecule has 15 heavy (non-hydrogen) atoms. The lowest BCUT2D eigenvalue weighted by molar-refractivity contribution is -0.203. The van der Waals surface area contributed by atoms with E-state index in [1.807, 2.05) is 30.3 Å². The zero-order valence-corrected chi connectivity index (χ0v) is 8.73. The molecule has 1 aliphatic rings. The third-order valence-corrected chi connectivity index (χ3v) is 2.65. The maximum absolute atomic E-state index is 11.8. The molecule has 0 radical (unpaired) electrons. The Balaban J connectivity index is 2.26. The van der Waals surface area contributed by atoms with Crippen LogP contribution in [0.2, 0.25) is 0 Å². The van der Waals surface area contributed by atoms with Gasteiger partial charge in [0.2, 0.25) is 0 Å². The van der Waals surface area contributed by atoms with Crippen molar-refractivity contribution in [3.8, 4) is 0 Å². The predicted octanol–water partition coefficient (Wildman–Crippen LogP) is 1.87. The van der Waals surface area contributed by atoms with E-state index in [1.165, 1.54) is 0 Å². The van der Waals surface area contributed by atoms with E-state index in [0.29, 0.717) is 19.6 Å². The third-order valence-electron chi connectivity index (χ3n) is 2.65. The Bertz CT molecular complexity index is 341. The summed E-state index contributed by atoms with van der Waals surface area (Å²) in [6, 6.07) is 9.52. The normalized spacial score (nSPS) is 24.3. The fraction of sp³-hybridized carbons (Fsp3) is 0.417. The molecule has 2 rings (SSSR count). The molecule has 0 saturated carbocycles. The average Bonchev–Trinajstić information content (AvgIpc) is 2.18. The number of carbonyl (C=O) groups excluding carboxylic acids is 1. The van der Waals surface area contributed by atoms with Crippen LogP contribution in [0, 0.1) is 0 Å². The fourth-order valence-corrected chi connectivity index (χ4v) is 1.77. The van der Waals surface area contributed by atoms with E-state index in [1.54, 1.807) is 6.92 Å². The van der Waals surface area contributed by atoms with E-state index >= 15 is 0 Å².